The van der Waals surface area contributed by atoms with E-state index < -0.39 is 0 Å². The Morgan fingerprint density at radius 1 is 0.952 bits per heavy atom. The smallest absolute Gasteiger partial charge is 0.118 e. The standard InChI is InChI=1S/C20H24O/c1-2-3-4-5-8-17-11-13-18(14-12-17)15-16-19-9-6-7-10-20(19)21/h5-14,21H,2-4,15-16H2,1H3/b8-5+. The minimum absolute atomic E-state index is 0.396. The molecule has 0 saturated heterocycles. The molecule has 0 aromatic heterocycles. The topological polar surface area (TPSA) is 20.2 Å². The Bertz CT molecular complexity index is 567. The second-order valence-electron chi connectivity index (χ2n) is 5.41. The Hall–Kier alpha value is -2.02. The molecule has 0 atom stereocenters. The van der Waals surface area contributed by atoms with E-state index in [1.807, 2.05) is 18.2 Å². The molecule has 110 valence electrons. The minimum Gasteiger partial charge on any atom is -0.508 e. The van der Waals surface area contributed by atoms with Gasteiger partial charge >= 0.3 is 0 Å². The number of allylic oxidation sites excluding steroid dienone is 1. The Balaban J connectivity index is 1.88. The average molecular weight is 280 g/mol. The molecule has 1 N–H and O–H groups in total. The van der Waals surface area contributed by atoms with Gasteiger partial charge in [-0.1, -0.05) is 74.4 Å². The zero-order valence-corrected chi connectivity index (χ0v) is 12.8. The molecule has 0 fully saturated rings. The fraction of sp³-hybridized carbons (Fsp3) is 0.300. The normalized spacial score (nSPS) is 11.1. The van der Waals surface area contributed by atoms with Crippen molar-refractivity contribution in [1.29, 1.82) is 0 Å². The van der Waals surface area contributed by atoms with E-state index in [1.54, 1.807) is 6.07 Å². The van der Waals surface area contributed by atoms with Crippen LogP contribution in [0.1, 0.15) is 42.9 Å². The fourth-order valence-corrected chi connectivity index (χ4v) is 2.34. The Morgan fingerprint density at radius 2 is 1.71 bits per heavy atom. The van der Waals surface area contributed by atoms with E-state index in [0.29, 0.717) is 5.75 Å². The summed E-state index contributed by atoms with van der Waals surface area (Å²) in [6.07, 6.45) is 9.94. The van der Waals surface area contributed by atoms with Gasteiger partial charge in [0.15, 0.2) is 0 Å². The first-order valence-corrected chi connectivity index (χ1v) is 7.82. The average Bonchev–Trinajstić information content (AvgIpc) is 2.52. The van der Waals surface area contributed by atoms with Gasteiger partial charge in [-0.3, -0.25) is 0 Å². The van der Waals surface area contributed by atoms with Gasteiger partial charge < -0.3 is 5.11 Å². The zero-order valence-electron chi connectivity index (χ0n) is 12.8. The predicted octanol–water partition coefficient (Wildman–Crippen LogP) is 5.38. The molecule has 2 aromatic carbocycles. The maximum absolute atomic E-state index is 9.76. The van der Waals surface area contributed by atoms with Crippen molar-refractivity contribution >= 4 is 6.08 Å². The van der Waals surface area contributed by atoms with Gasteiger partial charge in [-0.25, -0.2) is 0 Å². The molecule has 0 unspecified atom stereocenters. The highest BCUT2D eigenvalue weighted by Gasteiger charge is 2.00. The molecule has 2 rings (SSSR count). The summed E-state index contributed by atoms with van der Waals surface area (Å²) in [5, 5.41) is 9.76. The predicted molar refractivity (Wildman–Crippen MR) is 90.5 cm³/mol. The van der Waals surface area contributed by atoms with Crippen LogP contribution in [0.5, 0.6) is 5.75 Å². The third-order valence-corrected chi connectivity index (χ3v) is 3.69. The zero-order chi connectivity index (χ0) is 14.9. The largest absolute Gasteiger partial charge is 0.508 e. The van der Waals surface area contributed by atoms with Crippen LogP contribution >= 0.6 is 0 Å². The molecule has 1 heteroatoms. The number of aromatic hydroxyl groups is 1. The fourth-order valence-electron chi connectivity index (χ4n) is 2.34. The SMILES string of the molecule is CCCC/C=C/c1ccc(CCc2ccccc2O)cc1. The van der Waals surface area contributed by atoms with Gasteiger partial charge in [0.2, 0.25) is 0 Å². The lowest BCUT2D eigenvalue weighted by atomic mass is 10.0. The molecule has 0 radical (unpaired) electrons. The number of unbranched alkanes of at least 4 members (excludes halogenated alkanes) is 2. The number of hydrogen-bond donors (Lipinski definition) is 1. The van der Waals surface area contributed by atoms with Crippen LogP contribution in [0.4, 0.5) is 0 Å². The molecule has 0 spiro atoms. The molecule has 0 saturated carbocycles. The van der Waals surface area contributed by atoms with Crippen LogP contribution < -0.4 is 0 Å². The van der Waals surface area contributed by atoms with Crippen molar-refractivity contribution in [3.05, 3.63) is 71.3 Å². The van der Waals surface area contributed by atoms with Crippen LogP contribution in [0.3, 0.4) is 0 Å². The summed E-state index contributed by atoms with van der Waals surface area (Å²) in [5.41, 5.74) is 3.59. The first kappa shape index (κ1) is 15.4. The molecule has 2 aromatic rings. The molecular formula is C20H24O. The molecular weight excluding hydrogens is 256 g/mol. The van der Waals surface area contributed by atoms with E-state index in [-0.39, 0.29) is 0 Å². The van der Waals surface area contributed by atoms with Gasteiger partial charge in [-0.05, 0) is 42.0 Å². The number of hydrogen-bond acceptors (Lipinski definition) is 1. The summed E-state index contributed by atoms with van der Waals surface area (Å²) in [6, 6.07) is 16.3. The lowest BCUT2D eigenvalue weighted by Gasteiger charge is -2.05. The van der Waals surface area contributed by atoms with E-state index in [4.69, 9.17) is 0 Å². The number of phenolic OH excluding ortho intramolecular Hbond substituents is 1. The van der Waals surface area contributed by atoms with Crippen LogP contribution in [0.2, 0.25) is 0 Å². The number of aryl methyl sites for hydroxylation is 2. The highest BCUT2D eigenvalue weighted by atomic mass is 16.3. The van der Waals surface area contributed by atoms with Gasteiger partial charge in [0, 0.05) is 0 Å². The molecule has 0 aliphatic rings. The molecule has 0 amide bonds. The Morgan fingerprint density at radius 3 is 2.43 bits per heavy atom. The summed E-state index contributed by atoms with van der Waals surface area (Å²) in [6.45, 7) is 2.22. The summed E-state index contributed by atoms with van der Waals surface area (Å²) >= 11 is 0. The third kappa shape index (κ3) is 5.11. The van der Waals surface area contributed by atoms with Crippen LogP contribution in [-0.2, 0) is 12.8 Å². The maximum atomic E-state index is 9.76. The van der Waals surface area contributed by atoms with Crippen LogP contribution in [0, 0.1) is 0 Å². The van der Waals surface area contributed by atoms with Crippen molar-refractivity contribution in [3.8, 4) is 5.75 Å². The van der Waals surface area contributed by atoms with Crippen LogP contribution in [0.25, 0.3) is 6.08 Å². The van der Waals surface area contributed by atoms with Gasteiger partial charge in [-0.15, -0.1) is 0 Å². The quantitative estimate of drug-likeness (QED) is 0.675. The highest BCUT2D eigenvalue weighted by Crippen LogP contribution is 2.18. The molecule has 1 nitrogen and oxygen atoms in total. The maximum Gasteiger partial charge on any atom is 0.118 e. The van der Waals surface area contributed by atoms with E-state index in [0.717, 1.165) is 24.8 Å². The Kier molecular flexibility index (Phi) is 6.08. The molecule has 21 heavy (non-hydrogen) atoms. The summed E-state index contributed by atoms with van der Waals surface area (Å²) in [4.78, 5) is 0. The molecule has 0 bridgehead atoms. The number of rotatable bonds is 7. The van der Waals surface area contributed by atoms with Gasteiger partial charge in [-0.2, -0.15) is 0 Å². The van der Waals surface area contributed by atoms with Crippen LogP contribution in [0.15, 0.2) is 54.6 Å². The first-order chi connectivity index (χ1) is 10.3. The summed E-state index contributed by atoms with van der Waals surface area (Å²) in [7, 11) is 0. The van der Waals surface area contributed by atoms with E-state index in [9.17, 15) is 5.11 Å². The Labute approximate surface area is 128 Å². The van der Waals surface area contributed by atoms with E-state index in [1.165, 1.54) is 24.0 Å². The number of benzene rings is 2. The number of para-hydroxylation sites is 1. The van der Waals surface area contributed by atoms with Crippen molar-refractivity contribution in [3.63, 3.8) is 0 Å². The molecule has 0 heterocycles. The van der Waals surface area contributed by atoms with Crippen molar-refractivity contribution in [2.75, 3.05) is 0 Å². The second kappa shape index (κ2) is 8.31. The minimum atomic E-state index is 0.396. The monoisotopic (exact) mass is 280 g/mol. The van der Waals surface area contributed by atoms with Crippen molar-refractivity contribution in [2.24, 2.45) is 0 Å². The molecule has 0 aliphatic carbocycles. The third-order valence-electron chi connectivity index (χ3n) is 3.69. The lowest BCUT2D eigenvalue weighted by Crippen LogP contribution is -1.91. The van der Waals surface area contributed by atoms with Gasteiger partial charge in [0.25, 0.3) is 0 Å². The van der Waals surface area contributed by atoms with Crippen LogP contribution in [-0.4, -0.2) is 5.11 Å². The van der Waals surface area contributed by atoms with Crippen molar-refractivity contribution < 1.29 is 5.11 Å². The van der Waals surface area contributed by atoms with Gasteiger partial charge in [0.1, 0.15) is 5.75 Å². The molecule has 0 aliphatic heterocycles. The summed E-state index contributed by atoms with van der Waals surface area (Å²) in [5.74, 6) is 0.396. The second-order valence-corrected chi connectivity index (χ2v) is 5.41. The van der Waals surface area contributed by atoms with Crippen molar-refractivity contribution in [1.82, 2.24) is 0 Å². The summed E-state index contributed by atoms with van der Waals surface area (Å²) < 4.78 is 0. The number of phenols is 1. The van der Waals surface area contributed by atoms with E-state index >= 15 is 0 Å². The first-order valence-electron chi connectivity index (χ1n) is 7.82. The van der Waals surface area contributed by atoms with E-state index in [2.05, 4.69) is 43.3 Å². The highest BCUT2D eigenvalue weighted by molar-refractivity contribution is 5.49. The lowest BCUT2D eigenvalue weighted by molar-refractivity contribution is 0.468. The van der Waals surface area contributed by atoms with Gasteiger partial charge in [0.05, 0.1) is 0 Å². The van der Waals surface area contributed by atoms with Crippen molar-refractivity contribution in [2.45, 2.75) is 39.0 Å².